The number of nitrogens with two attached hydrogens (primary N) is 1. The molecule has 0 amide bonds. The zero-order chi connectivity index (χ0) is 9.68. The van der Waals surface area contributed by atoms with E-state index in [9.17, 15) is 4.21 Å². The predicted octanol–water partition coefficient (Wildman–Crippen LogP) is 0.856. The van der Waals surface area contributed by atoms with Crippen molar-refractivity contribution in [3.8, 4) is 0 Å². The molecular formula is C9H19NO2S. The Labute approximate surface area is 82.5 Å². The maximum Gasteiger partial charge on any atom is 0.122 e. The SMILES string of the molecule is CC(CCN)S(=O)COCC1CC1. The Kier molecular flexibility index (Phi) is 4.91. The first-order chi connectivity index (χ1) is 6.24. The number of rotatable bonds is 7. The van der Waals surface area contributed by atoms with Crippen LogP contribution in [0.1, 0.15) is 26.2 Å². The van der Waals surface area contributed by atoms with E-state index in [1.54, 1.807) is 0 Å². The highest BCUT2D eigenvalue weighted by molar-refractivity contribution is 7.85. The summed E-state index contributed by atoms with van der Waals surface area (Å²) in [5.74, 6) is 1.14. The maximum absolute atomic E-state index is 11.5. The van der Waals surface area contributed by atoms with Gasteiger partial charge in [-0.2, -0.15) is 0 Å². The second-order valence-electron chi connectivity index (χ2n) is 3.70. The quantitative estimate of drug-likeness (QED) is 0.670. The molecule has 0 aliphatic heterocycles. The fraction of sp³-hybridized carbons (Fsp3) is 1.00. The van der Waals surface area contributed by atoms with Crippen molar-refractivity contribution in [1.29, 1.82) is 0 Å². The molecule has 2 N–H and O–H groups in total. The van der Waals surface area contributed by atoms with Gasteiger partial charge in [0.25, 0.3) is 0 Å². The fourth-order valence-corrected chi connectivity index (χ4v) is 1.96. The van der Waals surface area contributed by atoms with Gasteiger partial charge < -0.3 is 10.5 Å². The van der Waals surface area contributed by atoms with Gasteiger partial charge in [0, 0.05) is 5.25 Å². The summed E-state index contributed by atoms with van der Waals surface area (Å²) in [4.78, 5) is 0. The highest BCUT2D eigenvalue weighted by Crippen LogP contribution is 2.28. The average molecular weight is 205 g/mol. The van der Waals surface area contributed by atoms with Gasteiger partial charge in [0.05, 0.1) is 17.4 Å². The molecule has 1 aliphatic rings. The van der Waals surface area contributed by atoms with Crippen LogP contribution in [0.5, 0.6) is 0 Å². The molecule has 1 saturated carbocycles. The van der Waals surface area contributed by atoms with Gasteiger partial charge in [0.1, 0.15) is 5.94 Å². The van der Waals surface area contributed by atoms with E-state index in [1.807, 2.05) is 6.92 Å². The minimum absolute atomic E-state index is 0.171. The highest BCUT2D eigenvalue weighted by Gasteiger charge is 2.21. The molecule has 0 radical (unpaired) electrons. The van der Waals surface area contributed by atoms with Crippen molar-refractivity contribution in [3.05, 3.63) is 0 Å². The fourth-order valence-electron chi connectivity index (χ4n) is 1.06. The third kappa shape index (κ3) is 4.74. The third-order valence-corrected chi connectivity index (χ3v) is 3.80. The maximum atomic E-state index is 11.5. The summed E-state index contributed by atoms with van der Waals surface area (Å²) in [5, 5.41) is 0.171. The third-order valence-electron chi connectivity index (χ3n) is 2.27. The molecular weight excluding hydrogens is 186 g/mol. The first kappa shape index (κ1) is 11.1. The highest BCUT2D eigenvalue weighted by atomic mass is 32.2. The van der Waals surface area contributed by atoms with Crippen LogP contribution in [0.2, 0.25) is 0 Å². The molecule has 1 rings (SSSR count). The summed E-state index contributed by atoms with van der Waals surface area (Å²) in [6, 6.07) is 0. The van der Waals surface area contributed by atoms with Crippen LogP contribution in [-0.4, -0.2) is 28.5 Å². The van der Waals surface area contributed by atoms with Crippen LogP contribution < -0.4 is 5.73 Å². The monoisotopic (exact) mass is 205 g/mol. The topological polar surface area (TPSA) is 52.3 Å². The first-order valence-electron chi connectivity index (χ1n) is 4.89. The molecule has 0 spiro atoms. The van der Waals surface area contributed by atoms with Gasteiger partial charge in [0.15, 0.2) is 0 Å². The van der Waals surface area contributed by atoms with Crippen molar-refractivity contribution in [1.82, 2.24) is 0 Å². The molecule has 0 aromatic carbocycles. The molecule has 0 saturated heterocycles. The van der Waals surface area contributed by atoms with Gasteiger partial charge in [-0.05, 0) is 31.7 Å². The largest absolute Gasteiger partial charge is 0.368 e. The van der Waals surface area contributed by atoms with Crippen molar-refractivity contribution < 1.29 is 8.95 Å². The van der Waals surface area contributed by atoms with E-state index in [0.717, 1.165) is 18.9 Å². The van der Waals surface area contributed by atoms with Crippen LogP contribution >= 0.6 is 0 Å². The summed E-state index contributed by atoms with van der Waals surface area (Å²) in [7, 11) is -0.856. The molecule has 1 fully saturated rings. The van der Waals surface area contributed by atoms with Gasteiger partial charge in [-0.15, -0.1) is 0 Å². The van der Waals surface area contributed by atoms with E-state index in [2.05, 4.69) is 0 Å². The van der Waals surface area contributed by atoms with Crippen LogP contribution in [0.15, 0.2) is 0 Å². The van der Waals surface area contributed by atoms with Crippen molar-refractivity contribution in [2.24, 2.45) is 11.7 Å². The molecule has 0 heterocycles. The van der Waals surface area contributed by atoms with Crippen molar-refractivity contribution >= 4 is 10.8 Å². The second kappa shape index (κ2) is 5.73. The average Bonchev–Trinajstić information content (AvgIpc) is 2.88. The van der Waals surface area contributed by atoms with E-state index >= 15 is 0 Å². The molecule has 3 nitrogen and oxygen atoms in total. The summed E-state index contributed by atoms with van der Waals surface area (Å²) >= 11 is 0. The molecule has 0 bridgehead atoms. The van der Waals surface area contributed by atoms with E-state index in [0.29, 0.717) is 12.5 Å². The molecule has 0 aromatic rings. The van der Waals surface area contributed by atoms with Gasteiger partial charge in [-0.3, -0.25) is 4.21 Å². The van der Waals surface area contributed by atoms with Crippen LogP contribution in [-0.2, 0) is 15.5 Å². The smallest absolute Gasteiger partial charge is 0.122 e. The zero-order valence-electron chi connectivity index (χ0n) is 8.20. The normalized spacial score (nSPS) is 21.4. The van der Waals surface area contributed by atoms with Gasteiger partial charge in [0.2, 0.25) is 0 Å². The molecule has 0 aromatic heterocycles. The Balaban J connectivity index is 2.01. The summed E-state index contributed by atoms with van der Waals surface area (Å²) in [6.07, 6.45) is 3.38. The van der Waals surface area contributed by atoms with Crippen molar-refractivity contribution in [2.45, 2.75) is 31.4 Å². The lowest BCUT2D eigenvalue weighted by Crippen LogP contribution is -2.19. The molecule has 4 heteroatoms. The Bertz CT molecular complexity index is 171. The van der Waals surface area contributed by atoms with Crippen LogP contribution in [0, 0.1) is 5.92 Å². The van der Waals surface area contributed by atoms with Gasteiger partial charge >= 0.3 is 0 Å². The summed E-state index contributed by atoms with van der Waals surface area (Å²) in [6.45, 7) is 3.36. The molecule has 13 heavy (non-hydrogen) atoms. The molecule has 1 aliphatic carbocycles. The van der Waals surface area contributed by atoms with E-state index in [-0.39, 0.29) is 5.25 Å². The standard InChI is InChI=1S/C9H19NO2S/c1-8(4-5-10)13(11)7-12-6-9-2-3-9/h8-9H,2-7,10H2,1H3. The van der Waals surface area contributed by atoms with Gasteiger partial charge in [-0.25, -0.2) is 0 Å². The summed E-state index contributed by atoms with van der Waals surface area (Å²) in [5.41, 5.74) is 5.38. The Morgan fingerprint density at radius 1 is 1.62 bits per heavy atom. The van der Waals surface area contributed by atoms with E-state index < -0.39 is 10.8 Å². The Hall–Kier alpha value is 0.0700. The number of hydrogen-bond donors (Lipinski definition) is 1. The van der Waals surface area contributed by atoms with Crippen molar-refractivity contribution in [2.75, 3.05) is 19.1 Å². The lowest BCUT2D eigenvalue weighted by atomic mass is 10.3. The van der Waals surface area contributed by atoms with Crippen LogP contribution in [0.3, 0.4) is 0 Å². The molecule has 2 atom stereocenters. The minimum atomic E-state index is -0.856. The van der Waals surface area contributed by atoms with Crippen LogP contribution in [0.4, 0.5) is 0 Å². The zero-order valence-corrected chi connectivity index (χ0v) is 9.02. The first-order valence-corrected chi connectivity index (χ1v) is 6.27. The lowest BCUT2D eigenvalue weighted by molar-refractivity contribution is 0.167. The molecule has 2 unspecified atom stereocenters. The Morgan fingerprint density at radius 2 is 2.31 bits per heavy atom. The number of hydrogen-bond acceptors (Lipinski definition) is 3. The Morgan fingerprint density at radius 3 is 2.85 bits per heavy atom. The van der Waals surface area contributed by atoms with E-state index in [1.165, 1.54) is 12.8 Å². The van der Waals surface area contributed by atoms with E-state index in [4.69, 9.17) is 10.5 Å². The second-order valence-corrected chi connectivity index (χ2v) is 5.50. The van der Waals surface area contributed by atoms with Gasteiger partial charge in [-0.1, -0.05) is 6.92 Å². The van der Waals surface area contributed by atoms with Crippen LogP contribution in [0.25, 0.3) is 0 Å². The lowest BCUT2D eigenvalue weighted by Gasteiger charge is -2.09. The number of ether oxygens (including phenoxy) is 1. The summed E-state index contributed by atoms with van der Waals surface area (Å²) < 4.78 is 16.8. The molecule has 78 valence electrons. The minimum Gasteiger partial charge on any atom is -0.368 e. The van der Waals surface area contributed by atoms with Crippen molar-refractivity contribution in [3.63, 3.8) is 0 Å². The predicted molar refractivity (Wildman–Crippen MR) is 54.8 cm³/mol.